The highest BCUT2D eigenvalue weighted by atomic mass is 16.4. The normalized spacial score (nSPS) is 10.8. The molecular formula is C16H23N5O4. The van der Waals surface area contributed by atoms with E-state index in [1.165, 1.54) is 6.26 Å². The molecule has 0 aromatic carbocycles. The Morgan fingerprint density at radius 2 is 2.08 bits per heavy atom. The first-order valence-electron chi connectivity index (χ1n) is 8.28. The standard InChI is InChI=1S/C16H23N5O4/c1-3-7-17-16(23)18-13(22)10-21(8-4-2)11-14-19-20-15(25-14)12-6-5-9-24-12/h5-6,9H,3-4,7-8,10-11H2,1-2H3,(H2,17,18,22,23). The smallest absolute Gasteiger partial charge is 0.321 e. The third-order valence-electron chi connectivity index (χ3n) is 3.25. The van der Waals surface area contributed by atoms with Crippen LogP contribution in [0.2, 0.25) is 0 Å². The maximum Gasteiger partial charge on any atom is 0.321 e. The monoisotopic (exact) mass is 349 g/mol. The van der Waals surface area contributed by atoms with Gasteiger partial charge in [0.25, 0.3) is 5.89 Å². The van der Waals surface area contributed by atoms with Crippen molar-refractivity contribution in [3.05, 3.63) is 24.3 Å². The number of furan rings is 1. The summed E-state index contributed by atoms with van der Waals surface area (Å²) in [5, 5.41) is 12.8. The van der Waals surface area contributed by atoms with E-state index in [0.717, 1.165) is 12.8 Å². The fourth-order valence-electron chi connectivity index (χ4n) is 2.19. The maximum atomic E-state index is 12.0. The molecule has 2 aromatic heterocycles. The number of nitrogens with one attached hydrogen (secondary N) is 2. The number of carbonyl (C=O) groups is 2. The minimum atomic E-state index is -0.485. The molecule has 2 heterocycles. The lowest BCUT2D eigenvalue weighted by Gasteiger charge is -2.18. The fourth-order valence-corrected chi connectivity index (χ4v) is 2.19. The number of carbonyl (C=O) groups excluding carboxylic acids is 2. The van der Waals surface area contributed by atoms with Crippen LogP contribution in [-0.2, 0) is 11.3 Å². The molecule has 0 spiro atoms. The summed E-state index contributed by atoms with van der Waals surface area (Å²) in [5.41, 5.74) is 0. The van der Waals surface area contributed by atoms with Gasteiger partial charge in [0.05, 0.1) is 19.4 Å². The Morgan fingerprint density at radius 3 is 2.76 bits per heavy atom. The summed E-state index contributed by atoms with van der Waals surface area (Å²) >= 11 is 0. The van der Waals surface area contributed by atoms with Crippen LogP contribution >= 0.6 is 0 Å². The van der Waals surface area contributed by atoms with Crippen molar-refractivity contribution >= 4 is 11.9 Å². The molecule has 0 radical (unpaired) electrons. The van der Waals surface area contributed by atoms with Crippen molar-refractivity contribution in [2.45, 2.75) is 33.2 Å². The van der Waals surface area contributed by atoms with Crippen molar-refractivity contribution in [2.24, 2.45) is 0 Å². The molecule has 0 fully saturated rings. The summed E-state index contributed by atoms with van der Waals surface area (Å²) in [7, 11) is 0. The molecular weight excluding hydrogens is 326 g/mol. The van der Waals surface area contributed by atoms with Gasteiger partial charge < -0.3 is 14.2 Å². The highest BCUT2D eigenvalue weighted by Crippen LogP contribution is 2.18. The van der Waals surface area contributed by atoms with Crippen molar-refractivity contribution < 1.29 is 18.4 Å². The van der Waals surface area contributed by atoms with Crippen LogP contribution in [0.3, 0.4) is 0 Å². The summed E-state index contributed by atoms with van der Waals surface area (Å²) in [6.07, 6.45) is 3.17. The number of hydrogen-bond donors (Lipinski definition) is 2. The zero-order valence-corrected chi connectivity index (χ0v) is 14.4. The van der Waals surface area contributed by atoms with E-state index >= 15 is 0 Å². The molecule has 0 atom stereocenters. The van der Waals surface area contributed by atoms with Gasteiger partial charge >= 0.3 is 6.03 Å². The molecule has 9 heteroatoms. The predicted molar refractivity (Wildman–Crippen MR) is 89.4 cm³/mol. The predicted octanol–water partition coefficient (Wildman–Crippen LogP) is 1.78. The average Bonchev–Trinajstić information content (AvgIpc) is 3.24. The van der Waals surface area contributed by atoms with Gasteiger partial charge in [-0.1, -0.05) is 13.8 Å². The molecule has 0 unspecified atom stereocenters. The van der Waals surface area contributed by atoms with E-state index in [9.17, 15) is 9.59 Å². The number of amides is 3. The number of nitrogens with zero attached hydrogens (tertiary/aromatic N) is 3. The molecule has 0 bridgehead atoms. The molecule has 0 aliphatic rings. The van der Waals surface area contributed by atoms with Gasteiger partial charge in [0.1, 0.15) is 0 Å². The molecule has 25 heavy (non-hydrogen) atoms. The summed E-state index contributed by atoms with van der Waals surface area (Å²) in [4.78, 5) is 25.4. The quantitative estimate of drug-likeness (QED) is 0.709. The summed E-state index contributed by atoms with van der Waals surface area (Å²) in [5.74, 6) is 0.780. The Balaban J connectivity index is 1.89. The van der Waals surface area contributed by atoms with E-state index in [2.05, 4.69) is 20.8 Å². The first-order chi connectivity index (χ1) is 12.1. The third-order valence-corrected chi connectivity index (χ3v) is 3.25. The topological polar surface area (TPSA) is 114 Å². The van der Waals surface area contributed by atoms with Crippen LogP contribution in [0, 0.1) is 0 Å². The summed E-state index contributed by atoms with van der Waals surface area (Å²) in [6.45, 7) is 5.49. The number of rotatable bonds is 9. The number of imide groups is 1. The number of hydrogen-bond acceptors (Lipinski definition) is 7. The minimum absolute atomic E-state index is 0.0614. The van der Waals surface area contributed by atoms with Gasteiger partial charge in [0.2, 0.25) is 11.8 Å². The largest absolute Gasteiger partial charge is 0.459 e. The van der Waals surface area contributed by atoms with Crippen LogP contribution in [0.5, 0.6) is 0 Å². The van der Waals surface area contributed by atoms with Crippen molar-refractivity contribution in [3.63, 3.8) is 0 Å². The molecule has 0 aliphatic carbocycles. The van der Waals surface area contributed by atoms with E-state index in [1.807, 2.05) is 18.7 Å². The van der Waals surface area contributed by atoms with E-state index < -0.39 is 6.03 Å². The van der Waals surface area contributed by atoms with Gasteiger partial charge in [-0.05, 0) is 31.5 Å². The van der Waals surface area contributed by atoms with Gasteiger partial charge in [0.15, 0.2) is 5.76 Å². The van der Waals surface area contributed by atoms with Crippen molar-refractivity contribution in [1.29, 1.82) is 0 Å². The van der Waals surface area contributed by atoms with E-state index in [0.29, 0.717) is 37.2 Å². The second kappa shape index (κ2) is 9.58. The third kappa shape index (κ3) is 6.03. The Labute approximate surface area is 145 Å². The lowest BCUT2D eigenvalue weighted by atomic mass is 10.3. The lowest BCUT2D eigenvalue weighted by molar-refractivity contribution is -0.121. The van der Waals surface area contributed by atoms with Crippen molar-refractivity contribution in [3.8, 4) is 11.7 Å². The Kier molecular flexibility index (Phi) is 7.15. The molecule has 0 saturated heterocycles. The molecule has 0 saturated carbocycles. The fraction of sp³-hybridized carbons (Fsp3) is 0.500. The summed E-state index contributed by atoms with van der Waals surface area (Å²) in [6, 6.07) is 2.97. The van der Waals surface area contributed by atoms with E-state index in [4.69, 9.17) is 8.83 Å². The zero-order chi connectivity index (χ0) is 18.1. The first kappa shape index (κ1) is 18.7. The highest BCUT2D eigenvalue weighted by molar-refractivity contribution is 5.95. The summed E-state index contributed by atoms with van der Waals surface area (Å²) < 4.78 is 10.8. The van der Waals surface area contributed by atoms with Gasteiger partial charge in [-0.3, -0.25) is 15.0 Å². The molecule has 9 nitrogen and oxygen atoms in total. The average molecular weight is 349 g/mol. The molecule has 0 aliphatic heterocycles. The molecule has 2 N–H and O–H groups in total. The zero-order valence-electron chi connectivity index (χ0n) is 14.4. The molecule has 2 rings (SSSR count). The lowest BCUT2D eigenvalue weighted by Crippen LogP contribution is -2.44. The van der Waals surface area contributed by atoms with Crippen LogP contribution < -0.4 is 10.6 Å². The highest BCUT2D eigenvalue weighted by Gasteiger charge is 2.17. The first-order valence-corrected chi connectivity index (χ1v) is 8.28. The molecule has 3 amide bonds. The van der Waals surface area contributed by atoms with Crippen LogP contribution in [-0.4, -0.2) is 46.7 Å². The minimum Gasteiger partial charge on any atom is -0.459 e. The second-order valence-electron chi connectivity index (χ2n) is 5.49. The van der Waals surface area contributed by atoms with Crippen LogP contribution in [0.15, 0.2) is 27.2 Å². The van der Waals surface area contributed by atoms with Gasteiger partial charge in [-0.2, -0.15) is 0 Å². The Hall–Kier alpha value is -2.68. The maximum absolute atomic E-state index is 12.0. The van der Waals surface area contributed by atoms with E-state index in [-0.39, 0.29) is 12.5 Å². The van der Waals surface area contributed by atoms with Crippen molar-refractivity contribution in [2.75, 3.05) is 19.6 Å². The van der Waals surface area contributed by atoms with Gasteiger partial charge in [-0.15, -0.1) is 10.2 Å². The molecule has 136 valence electrons. The molecule has 2 aromatic rings. The van der Waals surface area contributed by atoms with Gasteiger partial charge in [0, 0.05) is 6.54 Å². The van der Waals surface area contributed by atoms with Crippen molar-refractivity contribution in [1.82, 2.24) is 25.7 Å². The Morgan fingerprint density at radius 1 is 1.24 bits per heavy atom. The second-order valence-corrected chi connectivity index (χ2v) is 5.49. The van der Waals surface area contributed by atoms with E-state index in [1.54, 1.807) is 12.1 Å². The van der Waals surface area contributed by atoms with Crippen LogP contribution in [0.1, 0.15) is 32.6 Å². The van der Waals surface area contributed by atoms with Crippen LogP contribution in [0.25, 0.3) is 11.7 Å². The number of aromatic nitrogens is 2. The Bertz CT molecular complexity index is 668. The number of urea groups is 1. The van der Waals surface area contributed by atoms with Gasteiger partial charge in [-0.25, -0.2) is 4.79 Å². The SMILES string of the molecule is CCCNC(=O)NC(=O)CN(CCC)Cc1nnc(-c2ccco2)o1. The van der Waals surface area contributed by atoms with Crippen LogP contribution in [0.4, 0.5) is 4.79 Å².